The standard InChI is InChI=1S/C22H25N7O/c1-2-9-28(8-1)21-7-6-19(26-27-21)17-4-3-5-18(14-17)25-20-15-22(24-16-23-20)29-10-12-30-13-11-29/h3-7,14-16H,1-2,8-13H2,(H,23,24,25). The van der Waals surface area contributed by atoms with Gasteiger partial charge in [0.2, 0.25) is 0 Å². The van der Waals surface area contributed by atoms with Gasteiger partial charge in [-0.2, -0.15) is 0 Å². The zero-order valence-corrected chi connectivity index (χ0v) is 16.9. The molecule has 2 fully saturated rings. The third-order valence-corrected chi connectivity index (χ3v) is 5.50. The second-order valence-corrected chi connectivity index (χ2v) is 7.54. The molecule has 2 aromatic heterocycles. The van der Waals surface area contributed by atoms with Crippen molar-refractivity contribution < 1.29 is 4.74 Å². The average molecular weight is 403 g/mol. The Balaban J connectivity index is 1.31. The third kappa shape index (κ3) is 4.18. The van der Waals surface area contributed by atoms with Crippen LogP contribution in [0, 0.1) is 0 Å². The predicted molar refractivity (Wildman–Crippen MR) is 117 cm³/mol. The lowest BCUT2D eigenvalue weighted by molar-refractivity contribution is 0.122. The molecular weight excluding hydrogens is 378 g/mol. The fourth-order valence-electron chi connectivity index (χ4n) is 3.88. The topological polar surface area (TPSA) is 79.3 Å². The summed E-state index contributed by atoms with van der Waals surface area (Å²) in [6.07, 6.45) is 4.06. The molecular formula is C22H25N7O. The van der Waals surface area contributed by atoms with Gasteiger partial charge in [-0.1, -0.05) is 12.1 Å². The van der Waals surface area contributed by atoms with Gasteiger partial charge in [0.05, 0.1) is 18.9 Å². The zero-order valence-electron chi connectivity index (χ0n) is 16.9. The second kappa shape index (κ2) is 8.62. The van der Waals surface area contributed by atoms with Gasteiger partial charge >= 0.3 is 0 Å². The molecule has 2 aliphatic rings. The van der Waals surface area contributed by atoms with Gasteiger partial charge in [0.25, 0.3) is 0 Å². The second-order valence-electron chi connectivity index (χ2n) is 7.54. The number of nitrogens with one attached hydrogen (secondary N) is 1. The van der Waals surface area contributed by atoms with Gasteiger partial charge in [0.1, 0.15) is 18.0 Å². The number of morpholine rings is 1. The van der Waals surface area contributed by atoms with Crippen LogP contribution in [0.3, 0.4) is 0 Å². The Morgan fingerprint density at radius 2 is 1.63 bits per heavy atom. The Labute approximate surface area is 175 Å². The van der Waals surface area contributed by atoms with E-state index in [1.54, 1.807) is 6.33 Å². The molecule has 0 spiro atoms. The van der Waals surface area contributed by atoms with E-state index in [0.717, 1.165) is 73.8 Å². The predicted octanol–water partition coefficient (Wildman–Crippen LogP) is 3.11. The van der Waals surface area contributed by atoms with E-state index in [1.165, 1.54) is 12.8 Å². The van der Waals surface area contributed by atoms with Crippen LogP contribution in [0.5, 0.6) is 0 Å². The van der Waals surface area contributed by atoms with E-state index in [0.29, 0.717) is 0 Å². The lowest BCUT2D eigenvalue weighted by Crippen LogP contribution is -2.36. The SMILES string of the molecule is c1cc(Nc2cc(N3CCOCC3)ncn2)cc(-c2ccc(N3CCCC3)nn2)c1. The van der Waals surface area contributed by atoms with Crippen LogP contribution in [0.1, 0.15) is 12.8 Å². The molecule has 4 heterocycles. The van der Waals surface area contributed by atoms with Crippen molar-refractivity contribution in [3.63, 3.8) is 0 Å². The van der Waals surface area contributed by atoms with Crippen LogP contribution >= 0.6 is 0 Å². The van der Waals surface area contributed by atoms with Crippen molar-refractivity contribution in [3.05, 3.63) is 48.8 Å². The summed E-state index contributed by atoms with van der Waals surface area (Å²) in [6.45, 7) is 5.28. The van der Waals surface area contributed by atoms with Crippen molar-refractivity contribution in [2.75, 3.05) is 54.5 Å². The molecule has 0 unspecified atom stereocenters. The molecule has 3 aromatic rings. The normalized spacial score (nSPS) is 16.7. The molecule has 0 bridgehead atoms. The highest BCUT2D eigenvalue weighted by atomic mass is 16.5. The van der Waals surface area contributed by atoms with Gasteiger partial charge in [-0.3, -0.25) is 0 Å². The Kier molecular flexibility index (Phi) is 5.39. The number of hydrogen-bond acceptors (Lipinski definition) is 8. The Bertz CT molecular complexity index is 983. The Morgan fingerprint density at radius 3 is 2.43 bits per heavy atom. The van der Waals surface area contributed by atoms with Crippen LogP contribution in [-0.4, -0.2) is 59.6 Å². The van der Waals surface area contributed by atoms with Crippen molar-refractivity contribution in [2.45, 2.75) is 12.8 Å². The van der Waals surface area contributed by atoms with Gasteiger partial charge in [-0.05, 0) is 37.1 Å². The summed E-state index contributed by atoms with van der Waals surface area (Å²) in [4.78, 5) is 13.3. The summed E-state index contributed by atoms with van der Waals surface area (Å²) in [5, 5.41) is 12.3. The molecule has 2 saturated heterocycles. The molecule has 1 aromatic carbocycles. The van der Waals surface area contributed by atoms with E-state index in [9.17, 15) is 0 Å². The number of benzene rings is 1. The zero-order chi connectivity index (χ0) is 20.2. The maximum atomic E-state index is 5.42. The molecule has 0 saturated carbocycles. The third-order valence-electron chi connectivity index (χ3n) is 5.50. The van der Waals surface area contributed by atoms with Crippen LogP contribution < -0.4 is 15.1 Å². The molecule has 8 nitrogen and oxygen atoms in total. The summed E-state index contributed by atoms with van der Waals surface area (Å²) >= 11 is 0. The molecule has 154 valence electrons. The molecule has 0 aliphatic carbocycles. The molecule has 30 heavy (non-hydrogen) atoms. The van der Waals surface area contributed by atoms with Crippen LogP contribution in [0.4, 0.5) is 23.1 Å². The molecule has 0 amide bonds. The monoisotopic (exact) mass is 403 g/mol. The molecule has 5 rings (SSSR count). The number of anilines is 4. The summed E-state index contributed by atoms with van der Waals surface area (Å²) in [5.74, 6) is 2.64. The summed E-state index contributed by atoms with van der Waals surface area (Å²) in [7, 11) is 0. The lowest BCUT2D eigenvalue weighted by Gasteiger charge is -2.27. The highest BCUT2D eigenvalue weighted by molar-refractivity contribution is 5.68. The van der Waals surface area contributed by atoms with Gasteiger partial charge < -0.3 is 19.9 Å². The first kappa shape index (κ1) is 18.7. The highest BCUT2D eigenvalue weighted by Crippen LogP contribution is 2.25. The number of ether oxygens (including phenoxy) is 1. The average Bonchev–Trinajstić information content (AvgIpc) is 3.35. The first-order valence-corrected chi connectivity index (χ1v) is 10.5. The van der Waals surface area contributed by atoms with Crippen LogP contribution in [-0.2, 0) is 4.74 Å². The molecule has 2 aliphatic heterocycles. The van der Waals surface area contributed by atoms with Crippen LogP contribution in [0.2, 0.25) is 0 Å². The minimum Gasteiger partial charge on any atom is -0.378 e. The molecule has 0 atom stereocenters. The smallest absolute Gasteiger partial charge is 0.151 e. The first-order valence-electron chi connectivity index (χ1n) is 10.5. The van der Waals surface area contributed by atoms with E-state index >= 15 is 0 Å². The summed E-state index contributed by atoms with van der Waals surface area (Å²) < 4.78 is 5.42. The van der Waals surface area contributed by atoms with Crippen molar-refractivity contribution >= 4 is 23.1 Å². The number of aromatic nitrogens is 4. The van der Waals surface area contributed by atoms with Crippen molar-refractivity contribution in [1.82, 2.24) is 20.2 Å². The van der Waals surface area contributed by atoms with Gasteiger partial charge in [-0.25, -0.2) is 9.97 Å². The minimum atomic E-state index is 0.729. The first-order chi connectivity index (χ1) is 14.8. The van der Waals surface area contributed by atoms with E-state index in [1.807, 2.05) is 30.3 Å². The van der Waals surface area contributed by atoms with E-state index < -0.39 is 0 Å². The van der Waals surface area contributed by atoms with E-state index in [4.69, 9.17) is 4.74 Å². The van der Waals surface area contributed by atoms with Crippen LogP contribution in [0.25, 0.3) is 11.3 Å². The van der Waals surface area contributed by atoms with Crippen molar-refractivity contribution in [2.24, 2.45) is 0 Å². The molecule has 8 heteroatoms. The van der Waals surface area contributed by atoms with E-state index in [-0.39, 0.29) is 0 Å². The number of hydrogen-bond donors (Lipinski definition) is 1. The maximum absolute atomic E-state index is 5.42. The van der Waals surface area contributed by atoms with Gasteiger partial charge in [0.15, 0.2) is 5.82 Å². The fraction of sp³-hybridized carbons (Fsp3) is 0.364. The van der Waals surface area contributed by atoms with Crippen LogP contribution in [0.15, 0.2) is 48.8 Å². The van der Waals surface area contributed by atoms with E-state index in [2.05, 4.69) is 47.4 Å². The maximum Gasteiger partial charge on any atom is 0.151 e. The largest absolute Gasteiger partial charge is 0.378 e. The van der Waals surface area contributed by atoms with Gasteiger partial charge in [-0.15, -0.1) is 10.2 Å². The minimum absolute atomic E-state index is 0.729. The van der Waals surface area contributed by atoms with Crippen molar-refractivity contribution in [3.8, 4) is 11.3 Å². The summed E-state index contributed by atoms with van der Waals surface area (Å²) in [6, 6.07) is 14.2. The molecule has 1 N–H and O–H groups in total. The van der Waals surface area contributed by atoms with Gasteiger partial charge in [0, 0.05) is 43.5 Å². The quantitative estimate of drug-likeness (QED) is 0.696. The fourth-order valence-corrected chi connectivity index (χ4v) is 3.88. The van der Waals surface area contributed by atoms with Crippen molar-refractivity contribution in [1.29, 1.82) is 0 Å². The number of nitrogens with zero attached hydrogens (tertiary/aromatic N) is 6. The summed E-state index contributed by atoms with van der Waals surface area (Å²) in [5.41, 5.74) is 2.82. The highest BCUT2D eigenvalue weighted by Gasteiger charge is 2.15. The number of rotatable bonds is 5. The Morgan fingerprint density at radius 1 is 0.800 bits per heavy atom. The molecule has 0 radical (unpaired) electrons. The Hall–Kier alpha value is -3.26. The lowest BCUT2D eigenvalue weighted by atomic mass is 10.1.